The van der Waals surface area contributed by atoms with Gasteiger partial charge in [-0.3, -0.25) is 9.59 Å². The van der Waals surface area contributed by atoms with Crippen LogP contribution in [0.4, 0.5) is 4.79 Å². The normalized spacial score (nSPS) is 18.6. The first-order valence-electron chi connectivity index (χ1n) is 5.76. The first-order chi connectivity index (χ1) is 8.32. The van der Waals surface area contributed by atoms with Gasteiger partial charge in [-0.25, -0.2) is 4.79 Å². The highest BCUT2D eigenvalue weighted by molar-refractivity contribution is 5.84. The molecule has 1 saturated heterocycles. The van der Waals surface area contributed by atoms with E-state index in [-0.39, 0.29) is 25.0 Å². The summed E-state index contributed by atoms with van der Waals surface area (Å²) in [6, 6.07) is -0.297. The minimum Gasteiger partial charge on any atom is -0.481 e. The highest BCUT2D eigenvalue weighted by atomic mass is 16.4. The SMILES string of the molecule is CN(C)C(=O)CN(C)C(=O)N1CCC(C(=O)O)C1. The Labute approximate surface area is 106 Å². The second-order valence-electron chi connectivity index (χ2n) is 4.70. The number of carboxylic acid groups (broad SMARTS) is 1. The Morgan fingerprint density at radius 2 is 1.89 bits per heavy atom. The smallest absolute Gasteiger partial charge is 0.320 e. The Kier molecular flexibility index (Phi) is 4.52. The highest BCUT2D eigenvalue weighted by Crippen LogP contribution is 2.17. The zero-order valence-corrected chi connectivity index (χ0v) is 10.9. The summed E-state index contributed by atoms with van der Waals surface area (Å²) in [6.45, 7) is 0.644. The molecule has 1 unspecified atom stereocenters. The predicted molar refractivity (Wildman–Crippen MR) is 64.0 cm³/mol. The molecule has 1 aliphatic heterocycles. The molecule has 1 N–H and O–H groups in total. The van der Waals surface area contributed by atoms with E-state index >= 15 is 0 Å². The monoisotopic (exact) mass is 257 g/mol. The van der Waals surface area contributed by atoms with Crippen LogP contribution >= 0.6 is 0 Å². The maximum Gasteiger partial charge on any atom is 0.320 e. The minimum atomic E-state index is -0.877. The van der Waals surface area contributed by atoms with Crippen molar-refractivity contribution in [1.29, 1.82) is 0 Å². The lowest BCUT2D eigenvalue weighted by atomic mass is 10.1. The van der Waals surface area contributed by atoms with Gasteiger partial charge in [0.25, 0.3) is 0 Å². The van der Waals surface area contributed by atoms with E-state index in [9.17, 15) is 14.4 Å². The van der Waals surface area contributed by atoms with E-state index in [1.165, 1.54) is 21.7 Å². The van der Waals surface area contributed by atoms with Gasteiger partial charge in [0.15, 0.2) is 0 Å². The lowest BCUT2D eigenvalue weighted by Gasteiger charge is -2.25. The van der Waals surface area contributed by atoms with E-state index in [1.807, 2.05) is 0 Å². The van der Waals surface area contributed by atoms with Crippen molar-refractivity contribution in [2.45, 2.75) is 6.42 Å². The molecule has 1 aliphatic rings. The van der Waals surface area contributed by atoms with Gasteiger partial charge in [0, 0.05) is 34.2 Å². The molecule has 7 nitrogen and oxygen atoms in total. The summed E-state index contributed by atoms with van der Waals surface area (Å²) < 4.78 is 0. The van der Waals surface area contributed by atoms with E-state index in [4.69, 9.17) is 5.11 Å². The zero-order valence-electron chi connectivity index (χ0n) is 10.9. The lowest BCUT2D eigenvalue weighted by Crippen LogP contribution is -2.44. The topological polar surface area (TPSA) is 81.2 Å². The van der Waals surface area contributed by atoms with Crippen LogP contribution in [-0.4, -0.2) is 78.5 Å². The Balaban J connectivity index is 2.50. The van der Waals surface area contributed by atoms with Crippen molar-refractivity contribution in [3.05, 3.63) is 0 Å². The van der Waals surface area contributed by atoms with Crippen LogP contribution in [0, 0.1) is 5.92 Å². The molecule has 0 aliphatic carbocycles. The fourth-order valence-electron chi connectivity index (χ4n) is 1.79. The number of amides is 3. The van der Waals surface area contributed by atoms with Gasteiger partial charge in [0.2, 0.25) is 5.91 Å². The molecule has 0 spiro atoms. The number of carboxylic acids is 1. The molecule has 1 heterocycles. The van der Waals surface area contributed by atoms with Crippen molar-refractivity contribution in [2.24, 2.45) is 5.92 Å². The fourth-order valence-corrected chi connectivity index (χ4v) is 1.79. The number of carbonyl (C=O) groups is 3. The minimum absolute atomic E-state index is 0.0000709. The molecule has 0 aromatic rings. The number of nitrogens with zero attached hydrogens (tertiary/aromatic N) is 3. The van der Waals surface area contributed by atoms with E-state index in [1.54, 1.807) is 14.1 Å². The van der Waals surface area contributed by atoms with Crippen molar-refractivity contribution in [3.63, 3.8) is 0 Å². The molecule has 0 saturated carbocycles. The molecule has 3 amide bonds. The van der Waals surface area contributed by atoms with Crippen LogP contribution < -0.4 is 0 Å². The standard InChI is InChI=1S/C11H19N3O4/c1-12(2)9(15)7-13(3)11(18)14-5-4-8(6-14)10(16)17/h8H,4-7H2,1-3H3,(H,16,17). The lowest BCUT2D eigenvalue weighted by molar-refractivity contribution is -0.141. The Hall–Kier alpha value is -1.79. The summed E-state index contributed by atoms with van der Waals surface area (Å²) in [7, 11) is 4.78. The van der Waals surface area contributed by atoms with Crippen LogP contribution in [0.15, 0.2) is 0 Å². The Morgan fingerprint density at radius 1 is 1.28 bits per heavy atom. The van der Waals surface area contributed by atoms with Gasteiger partial charge in [0.1, 0.15) is 6.54 Å². The molecule has 0 radical (unpaired) electrons. The number of hydrogen-bond acceptors (Lipinski definition) is 3. The van der Waals surface area contributed by atoms with Crippen LogP contribution in [-0.2, 0) is 9.59 Å². The van der Waals surface area contributed by atoms with Gasteiger partial charge in [-0.1, -0.05) is 0 Å². The van der Waals surface area contributed by atoms with E-state index in [2.05, 4.69) is 0 Å². The van der Waals surface area contributed by atoms with Crippen molar-refractivity contribution in [1.82, 2.24) is 14.7 Å². The van der Waals surface area contributed by atoms with E-state index in [0.717, 1.165) is 0 Å². The highest BCUT2D eigenvalue weighted by Gasteiger charge is 2.32. The van der Waals surface area contributed by atoms with Crippen molar-refractivity contribution >= 4 is 17.9 Å². The van der Waals surface area contributed by atoms with Crippen LogP contribution in [0.25, 0.3) is 0 Å². The largest absolute Gasteiger partial charge is 0.481 e. The van der Waals surface area contributed by atoms with Crippen LogP contribution in [0.5, 0.6) is 0 Å². The van der Waals surface area contributed by atoms with Gasteiger partial charge in [-0.05, 0) is 6.42 Å². The van der Waals surface area contributed by atoms with Gasteiger partial charge in [-0.2, -0.15) is 0 Å². The summed E-state index contributed by atoms with van der Waals surface area (Å²) in [5.74, 6) is -1.54. The van der Waals surface area contributed by atoms with Crippen LogP contribution in [0.2, 0.25) is 0 Å². The average Bonchev–Trinajstić information content (AvgIpc) is 2.76. The second kappa shape index (κ2) is 5.70. The maximum absolute atomic E-state index is 12.0. The van der Waals surface area contributed by atoms with Crippen LogP contribution in [0.1, 0.15) is 6.42 Å². The molecule has 1 fully saturated rings. The van der Waals surface area contributed by atoms with Gasteiger partial charge in [0.05, 0.1) is 5.92 Å². The summed E-state index contributed by atoms with van der Waals surface area (Å²) >= 11 is 0. The molecule has 7 heteroatoms. The average molecular weight is 257 g/mol. The number of aliphatic carboxylic acids is 1. The predicted octanol–water partition coefficient (Wildman–Crippen LogP) is -0.467. The number of rotatable bonds is 3. The Bertz CT molecular complexity index is 356. The number of likely N-dealkylation sites (N-methyl/N-ethyl adjacent to an activating group) is 2. The summed E-state index contributed by atoms with van der Waals surface area (Å²) in [4.78, 5) is 38.4. The van der Waals surface area contributed by atoms with Crippen molar-refractivity contribution in [2.75, 3.05) is 40.8 Å². The molecule has 18 heavy (non-hydrogen) atoms. The molecule has 1 rings (SSSR count). The number of carbonyl (C=O) groups excluding carboxylic acids is 2. The number of likely N-dealkylation sites (tertiary alicyclic amines) is 1. The Morgan fingerprint density at radius 3 is 2.33 bits per heavy atom. The molecule has 1 atom stereocenters. The van der Waals surface area contributed by atoms with Gasteiger partial charge < -0.3 is 19.8 Å². The number of hydrogen-bond donors (Lipinski definition) is 1. The van der Waals surface area contributed by atoms with Crippen molar-refractivity contribution in [3.8, 4) is 0 Å². The summed E-state index contributed by atoms with van der Waals surface area (Å²) in [5, 5.41) is 8.86. The van der Waals surface area contributed by atoms with E-state index in [0.29, 0.717) is 13.0 Å². The maximum atomic E-state index is 12.0. The van der Waals surface area contributed by atoms with Crippen LogP contribution in [0.3, 0.4) is 0 Å². The first kappa shape index (κ1) is 14.3. The van der Waals surface area contributed by atoms with Crippen molar-refractivity contribution < 1.29 is 19.5 Å². The van der Waals surface area contributed by atoms with Gasteiger partial charge in [-0.15, -0.1) is 0 Å². The second-order valence-corrected chi connectivity index (χ2v) is 4.70. The summed E-state index contributed by atoms with van der Waals surface area (Å²) in [6.07, 6.45) is 0.469. The molecule has 102 valence electrons. The quantitative estimate of drug-likeness (QED) is 0.741. The molecule has 0 bridgehead atoms. The third-order valence-electron chi connectivity index (χ3n) is 3.01. The fraction of sp³-hybridized carbons (Fsp3) is 0.727. The third kappa shape index (κ3) is 3.35. The number of urea groups is 1. The third-order valence-corrected chi connectivity index (χ3v) is 3.01. The molecule has 0 aromatic carbocycles. The van der Waals surface area contributed by atoms with E-state index < -0.39 is 11.9 Å². The molecular weight excluding hydrogens is 238 g/mol. The zero-order chi connectivity index (χ0) is 13.9. The molecular formula is C11H19N3O4. The first-order valence-corrected chi connectivity index (χ1v) is 5.76. The molecule has 0 aromatic heterocycles. The summed E-state index contributed by atoms with van der Waals surface area (Å²) in [5.41, 5.74) is 0. The van der Waals surface area contributed by atoms with Gasteiger partial charge >= 0.3 is 12.0 Å².